The summed E-state index contributed by atoms with van der Waals surface area (Å²) in [6, 6.07) is 1.84. The van der Waals surface area contributed by atoms with E-state index in [1.54, 1.807) is 0 Å². The van der Waals surface area contributed by atoms with E-state index in [9.17, 15) is 0 Å². The van der Waals surface area contributed by atoms with Crippen molar-refractivity contribution in [3.63, 3.8) is 0 Å². The van der Waals surface area contributed by atoms with Crippen LogP contribution in [0.25, 0.3) is 0 Å². The van der Waals surface area contributed by atoms with Crippen molar-refractivity contribution in [3.8, 4) is 0 Å². The van der Waals surface area contributed by atoms with Crippen LogP contribution in [-0.4, -0.2) is 26.1 Å². The fourth-order valence-corrected chi connectivity index (χ4v) is 2.32. The quantitative estimate of drug-likeness (QED) is 0.853. The highest BCUT2D eigenvalue weighted by molar-refractivity contribution is 5.48. The molecule has 6 nitrogen and oxygen atoms in total. The Kier molecular flexibility index (Phi) is 2.88. The van der Waals surface area contributed by atoms with Crippen LogP contribution >= 0.6 is 0 Å². The molecule has 0 aromatic carbocycles. The molecule has 2 N–H and O–H groups in total. The molecule has 20 heavy (non-hydrogen) atoms. The Labute approximate surface area is 118 Å². The van der Waals surface area contributed by atoms with Crippen LogP contribution in [0.2, 0.25) is 0 Å². The summed E-state index contributed by atoms with van der Waals surface area (Å²) >= 11 is 0. The predicted molar refractivity (Wildman–Crippen MR) is 78.4 cm³/mol. The molecule has 106 valence electrons. The van der Waals surface area contributed by atoms with Gasteiger partial charge in [-0.15, -0.1) is 0 Å². The van der Waals surface area contributed by atoms with E-state index in [0.29, 0.717) is 5.82 Å². The van der Waals surface area contributed by atoms with Crippen molar-refractivity contribution in [3.05, 3.63) is 30.1 Å². The maximum Gasteiger partial charge on any atom is 0.138 e. The minimum absolute atomic E-state index is 0.113. The van der Waals surface area contributed by atoms with Gasteiger partial charge in [0.15, 0.2) is 0 Å². The molecule has 0 atom stereocenters. The van der Waals surface area contributed by atoms with Crippen molar-refractivity contribution in [1.82, 2.24) is 19.5 Å². The Morgan fingerprint density at radius 3 is 2.75 bits per heavy atom. The molecule has 2 aromatic heterocycles. The van der Waals surface area contributed by atoms with E-state index in [4.69, 9.17) is 5.73 Å². The topological polar surface area (TPSA) is 72.9 Å². The molecule has 0 fully saturated rings. The largest absolute Gasteiger partial charge is 0.384 e. The van der Waals surface area contributed by atoms with Crippen molar-refractivity contribution in [2.75, 3.05) is 17.2 Å². The zero-order valence-electron chi connectivity index (χ0n) is 12.2. The number of fused-ring (bicyclic) bond motifs is 1. The summed E-state index contributed by atoms with van der Waals surface area (Å²) in [5.41, 5.74) is 5.83. The lowest BCUT2D eigenvalue weighted by atomic mass is 9.96. The van der Waals surface area contributed by atoms with Gasteiger partial charge in [0.05, 0.1) is 6.54 Å². The number of rotatable bonds is 1. The molecular weight excluding hydrogens is 252 g/mol. The lowest BCUT2D eigenvalue weighted by Gasteiger charge is -2.29. The summed E-state index contributed by atoms with van der Waals surface area (Å²) in [6.45, 7) is 8.86. The van der Waals surface area contributed by atoms with E-state index in [1.165, 1.54) is 0 Å². The summed E-state index contributed by atoms with van der Waals surface area (Å²) in [6.07, 6.45) is 3.86. The second kappa shape index (κ2) is 4.47. The second-order valence-electron chi connectivity index (χ2n) is 6.18. The number of anilines is 2. The molecule has 1 aliphatic heterocycles. The first-order valence-corrected chi connectivity index (χ1v) is 6.83. The zero-order valence-corrected chi connectivity index (χ0v) is 12.2. The van der Waals surface area contributed by atoms with Gasteiger partial charge in [0.2, 0.25) is 0 Å². The molecule has 2 aromatic rings. The maximum absolute atomic E-state index is 5.94. The van der Waals surface area contributed by atoms with Gasteiger partial charge in [-0.1, -0.05) is 20.8 Å². The minimum atomic E-state index is -0.113. The average molecular weight is 272 g/mol. The number of imidazole rings is 1. The Bertz CT molecular complexity index is 625. The number of hydrogen-bond donors (Lipinski definition) is 1. The lowest BCUT2D eigenvalue weighted by Crippen LogP contribution is -2.34. The highest BCUT2D eigenvalue weighted by Crippen LogP contribution is 2.25. The van der Waals surface area contributed by atoms with Crippen molar-refractivity contribution >= 4 is 11.6 Å². The van der Waals surface area contributed by atoms with Crippen LogP contribution in [0, 0.1) is 0 Å². The smallest absolute Gasteiger partial charge is 0.138 e. The van der Waals surface area contributed by atoms with Crippen LogP contribution in [0.4, 0.5) is 11.6 Å². The molecule has 0 saturated heterocycles. The highest BCUT2D eigenvalue weighted by atomic mass is 15.3. The Morgan fingerprint density at radius 1 is 1.20 bits per heavy atom. The second-order valence-corrected chi connectivity index (χ2v) is 6.18. The first-order valence-electron chi connectivity index (χ1n) is 6.83. The molecule has 3 rings (SSSR count). The third kappa shape index (κ3) is 2.33. The SMILES string of the molecule is CC(C)(C)c1nc(N)cc(N2CCn3ccnc3C2)n1. The minimum Gasteiger partial charge on any atom is -0.384 e. The van der Waals surface area contributed by atoms with Gasteiger partial charge in [-0.05, 0) is 0 Å². The molecule has 0 saturated carbocycles. The third-order valence-electron chi connectivity index (χ3n) is 3.47. The standard InChI is InChI=1S/C14H20N6/c1-14(2,3)13-17-10(15)8-11(18-13)20-7-6-19-5-4-16-12(19)9-20/h4-5,8H,6-7,9H2,1-3H3,(H2,15,17,18). The number of nitrogens with two attached hydrogens (primary N) is 1. The molecular formula is C14H20N6. The normalized spacial score (nSPS) is 15.2. The fourth-order valence-electron chi connectivity index (χ4n) is 2.32. The van der Waals surface area contributed by atoms with Gasteiger partial charge in [0, 0.05) is 37.0 Å². The molecule has 1 aliphatic rings. The summed E-state index contributed by atoms with van der Waals surface area (Å²) in [7, 11) is 0. The van der Waals surface area contributed by atoms with Crippen molar-refractivity contribution in [1.29, 1.82) is 0 Å². The van der Waals surface area contributed by atoms with Gasteiger partial charge in [0.1, 0.15) is 23.3 Å². The molecule has 0 amide bonds. The van der Waals surface area contributed by atoms with Gasteiger partial charge in [0.25, 0.3) is 0 Å². The van der Waals surface area contributed by atoms with Gasteiger partial charge < -0.3 is 15.2 Å². The van der Waals surface area contributed by atoms with Crippen molar-refractivity contribution in [2.45, 2.75) is 39.3 Å². The Hall–Kier alpha value is -2.11. The van der Waals surface area contributed by atoms with Gasteiger partial charge in [-0.25, -0.2) is 15.0 Å². The number of nitrogens with zero attached hydrogens (tertiary/aromatic N) is 5. The Morgan fingerprint density at radius 2 is 2.00 bits per heavy atom. The van der Waals surface area contributed by atoms with E-state index in [1.807, 2.05) is 18.5 Å². The van der Waals surface area contributed by atoms with Crippen LogP contribution in [0.1, 0.15) is 32.4 Å². The molecule has 6 heteroatoms. The van der Waals surface area contributed by atoms with E-state index >= 15 is 0 Å². The van der Waals surface area contributed by atoms with Crippen molar-refractivity contribution < 1.29 is 0 Å². The number of aromatic nitrogens is 4. The maximum atomic E-state index is 5.94. The van der Waals surface area contributed by atoms with Crippen molar-refractivity contribution in [2.24, 2.45) is 0 Å². The molecule has 0 spiro atoms. The van der Waals surface area contributed by atoms with Crippen LogP contribution in [0.5, 0.6) is 0 Å². The summed E-state index contributed by atoms with van der Waals surface area (Å²) in [5.74, 6) is 3.25. The third-order valence-corrected chi connectivity index (χ3v) is 3.47. The van der Waals surface area contributed by atoms with E-state index in [2.05, 4.69) is 45.2 Å². The molecule has 0 radical (unpaired) electrons. The summed E-state index contributed by atoms with van der Waals surface area (Å²) < 4.78 is 2.17. The molecule has 0 unspecified atom stereocenters. The zero-order chi connectivity index (χ0) is 14.3. The van der Waals surface area contributed by atoms with Crippen LogP contribution < -0.4 is 10.6 Å². The highest BCUT2D eigenvalue weighted by Gasteiger charge is 2.22. The number of hydrogen-bond acceptors (Lipinski definition) is 5. The number of nitrogen functional groups attached to an aromatic ring is 1. The van der Waals surface area contributed by atoms with E-state index in [0.717, 1.165) is 37.1 Å². The molecule has 0 bridgehead atoms. The molecule has 3 heterocycles. The predicted octanol–water partition coefficient (Wildman–Crippen LogP) is 1.57. The first-order chi connectivity index (χ1) is 9.43. The van der Waals surface area contributed by atoms with Gasteiger partial charge in [-0.2, -0.15) is 0 Å². The average Bonchev–Trinajstić information content (AvgIpc) is 2.84. The summed E-state index contributed by atoms with van der Waals surface area (Å²) in [4.78, 5) is 15.6. The van der Waals surface area contributed by atoms with E-state index in [-0.39, 0.29) is 5.41 Å². The molecule has 0 aliphatic carbocycles. The van der Waals surface area contributed by atoms with Gasteiger partial charge in [-0.3, -0.25) is 0 Å². The lowest BCUT2D eigenvalue weighted by molar-refractivity contribution is 0.532. The summed E-state index contributed by atoms with van der Waals surface area (Å²) in [5, 5.41) is 0. The van der Waals surface area contributed by atoms with Crippen LogP contribution in [0.3, 0.4) is 0 Å². The van der Waals surface area contributed by atoms with Gasteiger partial charge >= 0.3 is 0 Å². The fraction of sp³-hybridized carbons (Fsp3) is 0.500. The Balaban J connectivity index is 1.93. The van der Waals surface area contributed by atoms with Crippen LogP contribution in [-0.2, 0) is 18.5 Å². The van der Waals surface area contributed by atoms with E-state index < -0.39 is 0 Å². The monoisotopic (exact) mass is 272 g/mol. The van der Waals surface area contributed by atoms with Crippen LogP contribution in [0.15, 0.2) is 18.5 Å². The first kappa shape index (κ1) is 12.9.